The van der Waals surface area contributed by atoms with Gasteiger partial charge in [0, 0.05) is 30.1 Å². The third-order valence-electron chi connectivity index (χ3n) is 3.78. The number of benzene rings is 2. The number of anilines is 3. The lowest BCUT2D eigenvalue weighted by molar-refractivity contribution is -0.116. The molecule has 2 amide bonds. The van der Waals surface area contributed by atoms with Gasteiger partial charge in [-0.3, -0.25) is 9.59 Å². The normalized spacial score (nSPS) is 10.2. The van der Waals surface area contributed by atoms with Crippen LogP contribution in [0.1, 0.15) is 20.3 Å². The number of hydrogen-bond donors (Lipinski definition) is 3. The summed E-state index contributed by atoms with van der Waals surface area (Å²) in [5, 5.41) is 8.63. The number of nitrogens with one attached hydrogen (secondary N) is 3. The Hall–Kier alpha value is -3.06. The molecule has 28 heavy (non-hydrogen) atoms. The van der Waals surface area contributed by atoms with Gasteiger partial charge in [0.05, 0.1) is 13.2 Å². The minimum atomic E-state index is -0.164. The number of hydrogen-bond acceptors (Lipinski definition) is 5. The highest BCUT2D eigenvalue weighted by Crippen LogP contribution is 2.16. The van der Waals surface area contributed by atoms with Gasteiger partial charge in [0.2, 0.25) is 11.8 Å². The number of amides is 2. The van der Waals surface area contributed by atoms with Gasteiger partial charge in [-0.15, -0.1) is 0 Å². The van der Waals surface area contributed by atoms with Crippen molar-refractivity contribution in [1.29, 1.82) is 0 Å². The summed E-state index contributed by atoms with van der Waals surface area (Å²) >= 11 is 0. The highest BCUT2D eigenvalue weighted by Gasteiger charge is 2.04. The third kappa shape index (κ3) is 7.67. The van der Waals surface area contributed by atoms with Crippen molar-refractivity contribution in [1.82, 2.24) is 0 Å². The van der Waals surface area contributed by atoms with Crippen LogP contribution in [0.3, 0.4) is 0 Å². The van der Waals surface area contributed by atoms with E-state index in [1.165, 1.54) is 0 Å². The Balaban J connectivity index is 1.73. The van der Waals surface area contributed by atoms with E-state index in [0.29, 0.717) is 37.6 Å². The second-order valence-electron chi connectivity index (χ2n) is 5.95. The lowest BCUT2D eigenvalue weighted by atomic mass is 10.2. The van der Waals surface area contributed by atoms with E-state index in [2.05, 4.69) is 16.0 Å². The van der Waals surface area contributed by atoms with Crippen molar-refractivity contribution >= 4 is 28.9 Å². The number of ether oxygens (including phenoxy) is 2. The highest BCUT2D eigenvalue weighted by atomic mass is 16.5. The standard InChI is InChI=1S/C21H27N3O4/c1-3-20(25)23-17-5-7-18(8-6-17)24-21(26)15-22-16-9-11-19(12-10-16)28-14-13-27-4-2/h5-12,22H,3-4,13-15H2,1-2H3,(H,23,25)(H,24,26). The minimum absolute atomic E-state index is 0.0494. The quantitative estimate of drug-likeness (QED) is 0.515. The van der Waals surface area contributed by atoms with Gasteiger partial charge in [-0.2, -0.15) is 0 Å². The monoisotopic (exact) mass is 385 g/mol. The summed E-state index contributed by atoms with van der Waals surface area (Å²) in [5.74, 6) is 0.541. The van der Waals surface area contributed by atoms with E-state index < -0.39 is 0 Å². The van der Waals surface area contributed by atoms with Crippen LogP contribution >= 0.6 is 0 Å². The first kappa shape index (κ1) is 21.2. The van der Waals surface area contributed by atoms with Crippen LogP contribution in [0, 0.1) is 0 Å². The van der Waals surface area contributed by atoms with Crippen LogP contribution in [0.2, 0.25) is 0 Å². The largest absolute Gasteiger partial charge is 0.491 e. The van der Waals surface area contributed by atoms with Crippen molar-refractivity contribution in [3.8, 4) is 5.75 Å². The maximum atomic E-state index is 12.1. The van der Waals surface area contributed by atoms with E-state index in [0.717, 1.165) is 11.4 Å². The fourth-order valence-electron chi connectivity index (χ4n) is 2.31. The molecule has 3 N–H and O–H groups in total. The molecule has 0 bridgehead atoms. The molecule has 2 rings (SSSR count). The zero-order valence-electron chi connectivity index (χ0n) is 16.3. The second-order valence-corrected chi connectivity index (χ2v) is 5.95. The SMILES string of the molecule is CCOCCOc1ccc(NCC(=O)Nc2ccc(NC(=O)CC)cc2)cc1. The molecule has 2 aromatic rings. The fraction of sp³-hybridized carbons (Fsp3) is 0.333. The summed E-state index contributed by atoms with van der Waals surface area (Å²) in [4.78, 5) is 23.4. The topological polar surface area (TPSA) is 88.7 Å². The molecule has 2 aromatic carbocycles. The maximum absolute atomic E-state index is 12.1. The summed E-state index contributed by atoms with van der Waals surface area (Å²) in [6.07, 6.45) is 0.421. The van der Waals surface area contributed by atoms with Gasteiger partial charge in [0.15, 0.2) is 0 Å². The molecule has 7 heteroatoms. The molecule has 0 heterocycles. The summed E-state index contributed by atoms with van der Waals surface area (Å²) in [6.45, 7) is 5.61. The zero-order valence-corrected chi connectivity index (χ0v) is 16.3. The first-order valence-electron chi connectivity index (χ1n) is 9.35. The minimum Gasteiger partial charge on any atom is -0.491 e. The van der Waals surface area contributed by atoms with Crippen molar-refractivity contribution in [2.45, 2.75) is 20.3 Å². The summed E-state index contributed by atoms with van der Waals surface area (Å²) in [6, 6.07) is 14.4. The fourth-order valence-corrected chi connectivity index (χ4v) is 2.31. The first-order valence-corrected chi connectivity index (χ1v) is 9.35. The van der Waals surface area contributed by atoms with Gasteiger partial charge < -0.3 is 25.4 Å². The van der Waals surface area contributed by atoms with E-state index in [9.17, 15) is 9.59 Å². The van der Waals surface area contributed by atoms with E-state index >= 15 is 0 Å². The van der Waals surface area contributed by atoms with E-state index in [4.69, 9.17) is 9.47 Å². The van der Waals surface area contributed by atoms with E-state index in [-0.39, 0.29) is 18.4 Å². The molecule has 0 saturated heterocycles. The Bertz CT molecular complexity index is 745. The molecule has 0 unspecified atom stereocenters. The molecule has 0 saturated carbocycles. The first-order chi connectivity index (χ1) is 13.6. The summed E-state index contributed by atoms with van der Waals surface area (Å²) in [5.41, 5.74) is 2.19. The van der Waals surface area contributed by atoms with Crippen LogP contribution in [-0.2, 0) is 14.3 Å². The Kier molecular flexibility index (Phi) is 8.81. The van der Waals surface area contributed by atoms with Crippen LogP contribution in [0.25, 0.3) is 0 Å². The van der Waals surface area contributed by atoms with Gasteiger partial charge >= 0.3 is 0 Å². The van der Waals surface area contributed by atoms with Crippen LogP contribution < -0.4 is 20.7 Å². The van der Waals surface area contributed by atoms with Crippen molar-refractivity contribution < 1.29 is 19.1 Å². The van der Waals surface area contributed by atoms with Crippen molar-refractivity contribution in [2.75, 3.05) is 42.3 Å². The average Bonchev–Trinajstić information content (AvgIpc) is 2.72. The summed E-state index contributed by atoms with van der Waals surface area (Å²) < 4.78 is 10.8. The molecule has 0 aromatic heterocycles. The average molecular weight is 385 g/mol. The molecular weight excluding hydrogens is 358 g/mol. The van der Waals surface area contributed by atoms with Crippen LogP contribution in [0.15, 0.2) is 48.5 Å². The molecule has 0 aliphatic rings. The van der Waals surface area contributed by atoms with Crippen molar-refractivity contribution in [3.05, 3.63) is 48.5 Å². The van der Waals surface area contributed by atoms with Crippen molar-refractivity contribution in [3.63, 3.8) is 0 Å². The second kappa shape index (κ2) is 11.6. The molecule has 0 radical (unpaired) electrons. The highest BCUT2D eigenvalue weighted by molar-refractivity contribution is 5.94. The lowest BCUT2D eigenvalue weighted by Crippen LogP contribution is -2.21. The number of rotatable bonds is 11. The van der Waals surface area contributed by atoms with Gasteiger partial charge in [-0.05, 0) is 55.5 Å². The molecule has 7 nitrogen and oxygen atoms in total. The van der Waals surface area contributed by atoms with E-state index in [1.54, 1.807) is 31.2 Å². The zero-order chi connectivity index (χ0) is 20.2. The smallest absolute Gasteiger partial charge is 0.243 e. The van der Waals surface area contributed by atoms with E-state index in [1.807, 2.05) is 31.2 Å². The Labute approximate surface area is 165 Å². The Morgan fingerprint density at radius 3 is 1.93 bits per heavy atom. The van der Waals surface area contributed by atoms with Crippen LogP contribution in [0.4, 0.5) is 17.1 Å². The van der Waals surface area contributed by atoms with Crippen LogP contribution in [-0.4, -0.2) is 38.2 Å². The molecule has 0 spiro atoms. The predicted octanol–water partition coefficient (Wildman–Crippen LogP) is 3.50. The maximum Gasteiger partial charge on any atom is 0.243 e. The van der Waals surface area contributed by atoms with Gasteiger partial charge in [-0.25, -0.2) is 0 Å². The van der Waals surface area contributed by atoms with Gasteiger partial charge in [0.25, 0.3) is 0 Å². The van der Waals surface area contributed by atoms with Gasteiger partial charge in [0.1, 0.15) is 12.4 Å². The third-order valence-corrected chi connectivity index (χ3v) is 3.78. The number of carbonyl (C=O) groups is 2. The summed E-state index contributed by atoms with van der Waals surface area (Å²) in [7, 11) is 0. The molecular formula is C21H27N3O4. The van der Waals surface area contributed by atoms with Crippen LogP contribution in [0.5, 0.6) is 5.75 Å². The van der Waals surface area contributed by atoms with Crippen molar-refractivity contribution in [2.24, 2.45) is 0 Å². The number of carbonyl (C=O) groups excluding carboxylic acids is 2. The molecule has 0 fully saturated rings. The predicted molar refractivity (Wildman–Crippen MR) is 111 cm³/mol. The molecule has 0 atom stereocenters. The lowest BCUT2D eigenvalue weighted by Gasteiger charge is -2.10. The molecule has 0 aliphatic carbocycles. The molecule has 0 aliphatic heterocycles. The molecule has 150 valence electrons. The Morgan fingerprint density at radius 1 is 0.786 bits per heavy atom. The Morgan fingerprint density at radius 2 is 1.36 bits per heavy atom. The van der Waals surface area contributed by atoms with Gasteiger partial charge in [-0.1, -0.05) is 6.92 Å².